The number of hydrogen-bond donors (Lipinski definition) is 0. The number of nitrogens with zero attached hydrogens (tertiary/aromatic N) is 2. The summed E-state index contributed by atoms with van der Waals surface area (Å²) in [5.41, 5.74) is 15.8. The average Bonchev–Trinajstić information content (AvgIpc) is 3.24. The van der Waals surface area contributed by atoms with Crippen LogP contribution in [0.2, 0.25) is 0 Å². The van der Waals surface area contributed by atoms with Gasteiger partial charge in [0, 0.05) is 34.1 Å². The van der Waals surface area contributed by atoms with Crippen LogP contribution in [0.25, 0.3) is 10.8 Å². The molecule has 6 aromatic carbocycles. The Hall–Kier alpha value is -4.82. The Kier molecular flexibility index (Phi) is 13.1. The SMILES string of the molecule is CCCC(CC)c1cc(N(c2ccc(C)cc2)c2ccc(C(C)C)cc2)cc2c(C3CCCCC3)cc(N(c3ccc(C(C)C)cc3)c3ccc(C(C)C)cc3)cc12. The largest absolute Gasteiger partial charge is 0.310 e. The molecular weight excluding hydrogens is 701 g/mol. The Bertz CT molecular complexity index is 2180. The van der Waals surface area contributed by atoms with Crippen LogP contribution in [-0.4, -0.2) is 0 Å². The second-order valence-corrected chi connectivity index (χ2v) is 18.1. The van der Waals surface area contributed by atoms with Gasteiger partial charge in [-0.25, -0.2) is 0 Å². The third-order valence-corrected chi connectivity index (χ3v) is 13.0. The van der Waals surface area contributed by atoms with Crippen molar-refractivity contribution in [1.82, 2.24) is 0 Å². The van der Waals surface area contributed by atoms with Crippen LogP contribution < -0.4 is 9.80 Å². The highest BCUT2D eigenvalue weighted by atomic mass is 15.1. The molecular formula is C56H68N2. The van der Waals surface area contributed by atoms with Crippen LogP contribution in [0.3, 0.4) is 0 Å². The molecule has 302 valence electrons. The summed E-state index contributed by atoms with van der Waals surface area (Å²) in [6.45, 7) is 20.6. The number of hydrogen-bond acceptors (Lipinski definition) is 2. The Morgan fingerprint density at radius 2 is 0.897 bits per heavy atom. The smallest absolute Gasteiger partial charge is 0.0470 e. The third kappa shape index (κ3) is 8.92. The molecule has 1 unspecified atom stereocenters. The van der Waals surface area contributed by atoms with Crippen LogP contribution in [0.1, 0.15) is 170 Å². The van der Waals surface area contributed by atoms with Crippen molar-refractivity contribution < 1.29 is 0 Å². The highest BCUT2D eigenvalue weighted by Crippen LogP contribution is 2.48. The van der Waals surface area contributed by atoms with Crippen LogP contribution >= 0.6 is 0 Å². The van der Waals surface area contributed by atoms with Gasteiger partial charge in [0.2, 0.25) is 0 Å². The molecule has 1 aliphatic rings. The first kappa shape index (κ1) is 41.3. The zero-order chi connectivity index (χ0) is 40.9. The van der Waals surface area contributed by atoms with Gasteiger partial charge in [0.05, 0.1) is 0 Å². The molecule has 1 atom stereocenters. The average molecular weight is 769 g/mol. The first-order valence-corrected chi connectivity index (χ1v) is 22.6. The van der Waals surface area contributed by atoms with Crippen molar-refractivity contribution in [3.8, 4) is 0 Å². The van der Waals surface area contributed by atoms with Gasteiger partial charge in [0.25, 0.3) is 0 Å². The quantitative estimate of drug-likeness (QED) is 0.109. The van der Waals surface area contributed by atoms with Gasteiger partial charge in [-0.05, 0) is 174 Å². The first-order chi connectivity index (χ1) is 28.1. The molecule has 7 rings (SSSR count). The van der Waals surface area contributed by atoms with E-state index in [1.54, 1.807) is 0 Å². The van der Waals surface area contributed by atoms with Gasteiger partial charge < -0.3 is 9.80 Å². The van der Waals surface area contributed by atoms with Gasteiger partial charge in [-0.15, -0.1) is 0 Å². The molecule has 0 aliphatic heterocycles. The van der Waals surface area contributed by atoms with Crippen LogP contribution in [0, 0.1) is 6.92 Å². The molecule has 2 nitrogen and oxygen atoms in total. The molecule has 0 radical (unpaired) electrons. The molecule has 1 fully saturated rings. The van der Waals surface area contributed by atoms with Crippen molar-refractivity contribution in [2.45, 2.75) is 143 Å². The molecule has 1 saturated carbocycles. The predicted octanol–water partition coefficient (Wildman–Crippen LogP) is 17.8. The Balaban J connectivity index is 1.52. The summed E-state index contributed by atoms with van der Waals surface area (Å²) in [7, 11) is 0. The maximum atomic E-state index is 2.59. The monoisotopic (exact) mass is 769 g/mol. The van der Waals surface area contributed by atoms with E-state index in [1.165, 1.54) is 117 Å². The molecule has 2 heteroatoms. The number of aryl methyl sites for hydroxylation is 1. The van der Waals surface area contributed by atoms with Crippen molar-refractivity contribution in [1.29, 1.82) is 0 Å². The highest BCUT2D eigenvalue weighted by molar-refractivity contribution is 5.98. The second-order valence-electron chi connectivity index (χ2n) is 18.1. The number of rotatable bonds is 14. The second kappa shape index (κ2) is 18.4. The minimum Gasteiger partial charge on any atom is -0.310 e. The third-order valence-electron chi connectivity index (χ3n) is 13.0. The first-order valence-electron chi connectivity index (χ1n) is 22.6. The van der Waals surface area contributed by atoms with Crippen LogP contribution in [0.15, 0.2) is 121 Å². The maximum absolute atomic E-state index is 2.59. The molecule has 0 amide bonds. The number of fused-ring (bicyclic) bond motifs is 1. The van der Waals surface area contributed by atoms with E-state index in [4.69, 9.17) is 0 Å². The Morgan fingerprint density at radius 3 is 1.31 bits per heavy atom. The standard InChI is InChI=1S/C56H68N2/c1-10-15-42(11-2)53-34-51(57(47-26-18-41(9)19-27-47)48-28-20-43(21-29-48)38(3)4)37-56-54(46-16-13-12-14-17-46)35-52(36-55(53)56)58(49-30-22-44(23-31-49)39(5)6)50-32-24-45(25-33-50)40(7)8/h18-40,42,46H,10-17H2,1-9H3. The topological polar surface area (TPSA) is 6.48 Å². The van der Waals surface area contributed by atoms with Gasteiger partial charge in [0.1, 0.15) is 0 Å². The molecule has 0 saturated heterocycles. The lowest BCUT2D eigenvalue weighted by Gasteiger charge is -2.32. The van der Waals surface area contributed by atoms with E-state index < -0.39 is 0 Å². The fourth-order valence-electron chi connectivity index (χ4n) is 9.37. The number of benzene rings is 6. The van der Waals surface area contributed by atoms with E-state index in [0.717, 1.165) is 12.8 Å². The zero-order valence-corrected chi connectivity index (χ0v) is 37.0. The van der Waals surface area contributed by atoms with Crippen molar-refractivity contribution in [2.24, 2.45) is 0 Å². The summed E-state index contributed by atoms with van der Waals surface area (Å²) in [6, 6.07) is 47.4. The van der Waals surface area contributed by atoms with Crippen molar-refractivity contribution in [3.05, 3.63) is 155 Å². The Labute approximate surface area is 351 Å². The summed E-state index contributed by atoms with van der Waals surface area (Å²) < 4.78 is 0. The van der Waals surface area contributed by atoms with Gasteiger partial charge in [0.15, 0.2) is 0 Å². The van der Waals surface area contributed by atoms with Crippen LogP contribution in [0.5, 0.6) is 0 Å². The van der Waals surface area contributed by atoms with E-state index in [0.29, 0.717) is 29.6 Å². The lowest BCUT2D eigenvalue weighted by Crippen LogP contribution is -2.14. The maximum Gasteiger partial charge on any atom is 0.0470 e. The fraction of sp³-hybridized carbons (Fsp3) is 0.393. The predicted molar refractivity (Wildman–Crippen MR) is 254 cm³/mol. The number of anilines is 6. The van der Waals surface area contributed by atoms with Crippen LogP contribution in [0.4, 0.5) is 34.1 Å². The van der Waals surface area contributed by atoms with Gasteiger partial charge in [-0.1, -0.05) is 135 Å². The van der Waals surface area contributed by atoms with E-state index in [-0.39, 0.29) is 0 Å². The fourth-order valence-corrected chi connectivity index (χ4v) is 9.37. The Morgan fingerprint density at radius 1 is 0.483 bits per heavy atom. The molecule has 58 heavy (non-hydrogen) atoms. The van der Waals surface area contributed by atoms with E-state index in [1.807, 2.05) is 0 Å². The highest BCUT2D eigenvalue weighted by Gasteiger charge is 2.26. The minimum absolute atomic E-state index is 0.453. The van der Waals surface area contributed by atoms with Gasteiger partial charge >= 0.3 is 0 Å². The van der Waals surface area contributed by atoms with E-state index in [2.05, 4.69) is 193 Å². The molecule has 0 heterocycles. The minimum atomic E-state index is 0.453. The van der Waals surface area contributed by atoms with E-state index in [9.17, 15) is 0 Å². The summed E-state index contributed by atoms with van der Waals surface area (Å²) in [6.07, 6.45) is 9.86. The molecule has 6 aromatic rings. The summed E-state index contributed by atoms with van der Waals surface area (Å²) >= 11 is 0. The van der Waals surface area contributed by atoms with Crippen LogP contribution in [-0.2, 0) is 0 Å². The lowest BCUT2D eigenvalue weighted by atomic mass is 9.79. The van der Waals surface area contributed by atoms with Crippen molar-refractivity contribution in [2.75, 3.05) is 9.80 Å². The summed E-state index contributed by atoms with van der Waals surface area (Å²) in [5.74, 6) is 2.44. The molecule has 0 aromatic heterocycles. The summed E-state index contributed by atoms with van der Waals surface area (Å²) in [5, 5.41) is 2.85. The van der Waals surface area contributed by atoms with Crippen molar-refractivity contribution in [3.63, 3.8) is 0 Å². The lowest BCUT2D eigenvalue weighted by molar-refractivity contribution is 0.445. The van der Waals surface area contributed by atoms with Gasteiger partial charge in [-0.3, -0.25) is 0 Å². The van der Waals surface area contributed by atoms with E-state index >= 15 is 0 Å². The zero-order valence-electron chi connectivity index (χ0n) is 37.0. The molecule has 0 bridgehead atoms. The van der Waals surface area contributed by atoms with Gasteiger partial charge in [-0.2, -0.15) is 0 Å². The van der Waals surface area contributed by atoms with Crippen molar-refractivity contribution >= 4 is 44.9 Å². The summed E-state index contributed by atoms with van der Waals surface area (Å²) in [4.78, 5) is 5.05. The molecule has 1 aliphatic carbocycles. The molecule has 0 N–H and O–H groups in total. The molecule has 0 spiro atoms. The normalized spacial score (nSPS) is 14.1.